The van der Waals surface area contributed by atoms with Gasteiger partial charge in [-0.05, 0) is 25.3 Å². The largest absolute Gasteiger partial charge is 0.385 e. The van der Waals surface area contributed by atoms with Crippen LogP contribution in [-0.2, 0) is 9.47 Å². The zero-order chi connectivity index (χ0) is 11.4. The van der Waals surface area contributed by atoms with Crippen LogP contribution in [-0.4, -0.2) is 45.9 Å². The van der Waals surface area contributed by atoms with Crippen molar-refractivity contribution >= 4 is 11.6 Å². The van der Waals surface area contributed by atoms with Gasteiger partial charge >= 0.3 is 0 Å². The Morgan fingerprint density at radius 3 is 2.73 bits per heavy atom. The Kier molecular flexibility index (Phi) is 12.4. The molecule has 4 heteroatoms. The van der Waals surface area contributed by atoms with Crippen LogP contribution >= 0.6 is 11.6 Å². The molecule has 0 aromatic heterocycles. The van der Waals surface area contributed by atoms with E-state index in [9.17, 15) is 0 Å². The lowest BCUT2D eigenvalue weighted by molar-refractivity contribution is 0.104. The van der Waals surface area contributed by atoms with Gasteiger partial charge in [0, 0.05) is 32.7 Å². The van der Waals surface area contributed by atoms with Gasteiger partial charge < -0.3 is 14.8 Å². The lowest BCUT2D eigenvalue weighted by Crippen LogP contribution is -2.25. The van der Waals surface area contributed by atoms with Gasteiger partial charge in [0.25, 0.3) is 0 Å². The molecule has 92 valence electrons. The second-order valence-electron chi connectivity index (χ2n) is 3.75. The predicted octanol–water partition coefficient (Wildman–Crippen LogP) is 1.89. The summed E-state index contributed by atoms with van der Waals surface area (Å²) in [6.45, 7) is 6.48. The smallest absolute Gasteiger partial charge is 0.0590 e. The minimum absolute atomic E-state index is 0.649. The summed E-state index contributed by atoms with van der Waals surface area (Å²) >= 11 is 5.64. The molecule has 1 unspecified atom stereocenters. The summed E-state index contributed by atoms with van der Waals surface area (Å²) in [5.41, 5.74) is 0. The van der Waals surface area contributed by atoms with Crippen LogP contribution in [0.1, 0.15) is 19.8 Å². The quantitative estimate of drug-likeness (QED) is 0.440. The lowest BCUT2D eigenvalue weighted by Gasteiger charge is -2.10. The highest BCUT2D eigenvalue weighted by Crippen LogP contribution is 2.00. The SMILES string of the molecule is COCCCOCCNCC(C)CCCl. The second-order valence-corrected chi connectivity index (χ2v) is 4.12. The Morgan fingerprint density at radius 1 is 1.27 bits per heavy atom. The number of ether oxygens (including phenoxy) is 2. The molecular weight excluding hydrogens is 214 g/mol. The topological polar surface area (TPSA) is 30.5 Å². The summed E-state index contributed by atoms with van der Waals surface area (Å²) in [6.07, 6.45) is 2.04. The fraction of sp³-hybridized carbons (Fsp3) is 1.00. The van der Waals surface area contributed by atoms with Crippen molar-refractivity contribution in [1.82, 2.24) is 5.32 Å². The number of halogens is 1. The molecule has 0 heterocycles. The van der Waals surface area contributed by atoms with Crippen molar-refractivity contribution in [2.75, 3.05) is 45.9 Å². The number of nitrogens with one attached hydrogen (secondary N) is 1. The minimum atomic E-state index is 0.649. The van der Waals surface area contributed by atoms with Gasteiger partial charge in [0.1, 0.15) is 0 Å². The molecule has 15 heavy (non-hydrogen) atoms. The molecule has 1 N–H and O–H groups in total. The van der Waals surface area contributed by atoms with Crippen molar-refractivity contribution in [3.05, 3.63) is 0 Å². The van der Waals surface area contributed by atoms with Gasteiger partial charge in [-0.2, -0.15) is 0 Å². The number of alkyl halides is 1. The first-order valence-corrected chi connectivity index (χ1v) is 6.18. The van der Waals surface area contributed by atoms with E-state index >= 15 is 0 Å². The third-order valence-electron chi connectivity index (χ3n) is 2.16. The monoisotopic (exact) mass is 237 g/mol. The Balaban J connectivity index is 2.98. The average molecular weight is 238 g/mol. The minimum Gasteiger partial charge on any atom is -0.385 e. The molecular formula is C11H24ClNO2. The Hall–Kier alpha value is 0.170. The molecule has 3 nitrogen and oxygen atoms in total. The van der Waals surface area contributed by atoms with Crippen molar-refractivity contribution in [2.45, 2.75) is 19.8 Å². The van der Waals surface area contributed by atoms with E-state index in [1.54, 1.807) is 7.11 Å². The van der Waals surface area contributed by atoms with Gasteiger partial charge in [-0.1, -0.05) is 6.92 Å². The maximum Gasteiger partial charge on any atom is 0.0590 e. The van der Waals surface area contributed by atoms with E-state index in [2.05, 4.69) is 12.2 Å². The van der Waals surface area contributed by atoms with E-state index in [0.29, 0.717) is 5.92 Å². The fourth-order valence-electron chi connectivity index (χ4n) is 1.19. The van der Waals surface area contributed by atoms with Crippen LogP contribution in [0.25, 0.3) is 0 Å². The first-order valence-electron chi connectivity index (χ1n) is 5.64. The summed E-state index contributed by atoms with van der Waals surface area (Å²) in [5.74, 6) is 1.40. The molecule has 0 rings (SSSR count). The van der Waals surface area contributed by atoms with Crippen LogP contribution in [0.5, 0.6) is 0 Å². The van der Waals surface area contributed by atoms with E-state index in [1.165, 1.54) is 0 Å². The molecule has 0 bridgehead atoms. The maximum absolute atomic E-state index is 5.64. The van der Waals surface area contributed by atoms with Crippen molar-refractivity contribution < 1.29 is 9.47 Å². The summed E-state index contributed by atoms with van der Waals surface area (Å²) < 4.78 is 10.3. The summed E-state index contributed by atoms with van der Waals surface area (Å²) in [7, 11) is 1.71. The Labute approximate surface area is 98.5 Å². The Morgan fingerprint density at radius 2 is 2.07 bits per heavy atom. The third-order valence-corrected chi connectivity index (χ3v) is 2.37. The second kappa shape index (κ2) is 12.2. The molecule has 0 aliphatic rings. The van der Waals surface area contributed by atoms with Crippen LogP contribution in [0.15, 0.2) is 0 Å². The molecule has 0 aromatic rings. The Bertz CT molecular complexity index is 125. The van der Waals surface area contributed by atoms with Crippen LogP contribution in [0.3, 0.4) is 0 Å². The maximum atomic E-state index is 5.64. The zero-order valence-corrected chi connectivity index (χ0v) is 10.7. The van der Waals surface area contributed by atoms with E-state index < -0.39 is 0 Å². The first kappa shape index (κ1) is 15.2. The molecule has 0 saturated carbocycles. The van der Waals surface area contributed by atoms with Crippen LogP contribution in [0, 0.1) is 5.92 Å². The fourth-order valence-corrected chi connectivity index (χ4v) is 1.56. The lowest BCUT2D eigenvalue weighted by atomic mass is 10.1. The molecule has 0 radical (unpaired) electrons. The van der Waals surface area contributed by atoms with Crippen molar-refractivity contribution in [1.29, 1.82) is 0 Å². The summed E-state index contributed by atoms with van der Waals surface area (Å²) in [4.78, 5) is 0. The van der Waals surface area contributed by atoms with E-state index in [1.807, 2.05) is 0 Å². The predicted molar refractivity (Wildman–Crippen MR) is 64.7 cm³/mol. The highest BCUT2D eigenvalue weighted by molar-refractivity contribution is 6.17. The van der Waals surface area contributed by atoms with Crippen LogP contribution in [0.4, 0.5) is 0 Å². The van der Waals surface area contributed by atoms with Crippen LogP contribution < -0.4 is 5.32 Å². The normalized spacial score (nSPS) is 13.0. The number of methoxy groups -OCH3 is 1. The average Bonchev–Trinajstić information content (AvgIpc) is 2.22. The van der Waals surface area contributed by atoms with E-state index in [0.717, 1.165) is 51.6 Å². The van der Waals surface area contributed by atoms with Crippen molar-refractivity contribution in [3.8, 4) is 0 Å². The van der Waals surface area contributed by atoms with Gasteiger partial charge in [0.05, 0.1) is 6.61 Å². The summed E-state index contributed by atoms with van der Waals surface area (Å²) in [5, 5.41) is 3.35. The number of hydrogen-bond acceptors (Lipinski definition) is 3. The zero-order valence-electron chi connectivity index (χ0n) is 9.93. The van der Waals surface area contributed by atoms with E-state index in [-0.39, 0.29) is 0 Å². The molecule has 0 saturated heterocycles. The first-order chi connectivity index (χ1) is 7.31. The molecule has 0 fully saturated rings. The molecule has 0 aromatic carbocycles. The molecule has 1 atom stereocenters. The van der Waals surface area contributed by atoms with Gasteiger partial charge in [-0.15, -0.1) is 11.6 Å². The van der Waals surface area contributed by atoms with Gasteiger partial charge in [-0.25, -0.2) is 0 Å². The molecule has 0 amide bonds. The van der Waals surface area contributed by atoms with Gasteiger partial charge in [0.2, 0.25) is 0 Å². The standard InChI is InChI=1S/C11H24ClNO2/c1-11(4-5-12)10-13-6-9-15-8-3-7-14-2/h11,13H,3-10H2,1-2H3. The summed E-state index contributed by atoms with van der Waals surface area (Å²) in [6, 6.07) is 0. The number of rotatable bonds is 11. The van der Waals surface area contributed by atoms with Crippen LogP contribution in [0.2, 0.25) is 0 Å². The van der Waals surface area contributed by atoms with E-state index in [4.69, 9.17) is 21.1 Å². The molecule has 0 spiro atoms. The highest BCUT2D eigenvalue weighted by atomic mass is 35.5. The van der Waals surface area contributed by atoms with Gasteiger partial charge in [-0.3, -0.25) is 0 Å². The molecule has 0 aliphatic heterocycles. The third kappa shape index (κ3) is 12.1. The number of hydrogen-bond donors (Lipinski definition) is 1. The van der Waals surface area contributed by atoms with Crippen molar-refractivity contribution in [3.63, 3.8) is 0 Å². The van der Waals surface area contributed by atoms with Crippen molar-refractivity contribution in [2.24, 2.45) is 5.92 Å². The van der Waals surface area contributed by atoms with Gasteiger partial charge in [0.15, 0.2) is 0 Å². The molecule has 0 aliphatic carbocycles. The highest BCUT2D eigenvalue weighted by Gasteiger charge is 1.99.